The van der Waals surface area contributed by atoms with Crippen molar-refractivity contribution in [3.8, 4) is 5.75 Å². The lowest BCUT2D eigenvalue weighted by Gasteiger charge is -2.23. The number of furan rings is 1. The van der Waals surface area contributed by atoms with Crippen LogP contribution in [0.2, 0.25) is 0 Å². The van der Waals surface area contributed by atoms with E-state index in [-0.39, 0.29) is 17.6 Å². The quantitative estimate of drug-likeness (QED) is 0.611. The molecular weight excluding hydrogens is 386 g/mol. The molecule has 0 saturated carbocycles. The molecular formula is C22H19N3O5. The van der Waals surface area contributed by atoms with Gasteiger partial charge in [-0.2, -0.15) is 0 Å². The lowest BCUT2D eigenvalue weighted by molar-refractivity contribution is -0.122. The molecule has 0 fully saturated rings. The lowest BCUT2D eigenvalue weighted by Crippen LogP contribution is -2.34. The minimum Gasteiger partial charge on any atom is -0.479 e. The van der Waals surface area contributed by atoms with Crippen LogP contribution in [0.3, 0.4) is 0 Å². The number of nitrogens with one attached hydrogen (secondary N) is 3. The monoisotopic (exact) mass is 405 g/mol. The zero-order chi connectivity index (χ0) is 21.3. The van der Waals surface area contributed by atoms with Crippen molar-refractivity contribution < 1.29 is 23.5 Å². The smallest absolute Gasteiger partial charge is 0.291 e. The molecule has 1 aliphatic heterocycles. The molecule has 0 radical (unpaired) electrons. The fourth-order valence-corrected chi connectivity index (χ4v) is 2.98. The molecule has 4 rings (SSSR count). The molecule has 0 aliphatic carbocycles. The van der Waals surface area contributed by atoms with Gasteiger partial charge in [0.05, 0.1) is 12.0 Å². The summed E-state index contributed by atoms with van der Waals surface area (Å²) in [6, 6.07) is 13.2. The first kappa shape index (κ1) is 19.3. The third-order valence-electron chi connectivity index (χ3n) is 4.66. The highest BCUT2D eigenvalue weighted by Crippen LogP contribution is 2.32. The van der Waals surface area contributed by atoms with Crippen LogP contribution in [0, 0.1) is 6.92 Å². The van der Waals surface area contributed by atoms with Crippen LogP contribution in [0.15, 0.2) is 59.2 Å². The maximum absolute atomic E-state index is 12.7. The van der Waals surface area contributed by atoms with Gasteiger partial charge in [0.1, 0.15) is 5.75 Å². The molecule has 2 heterocycles. The number of carbonyl (C=O) groups is 3. The number of benzene rings is 2. The Labute approximate surface area is 172 Å². The Hall–Kier alpha value is -4.07. The average molecular weight is 405 g/mol. The number of ether oxygens (including phenoxy) is 1. The predicted molar refractivity (Wildman–Crippen MR) is 111 cm³/mol. The molecule has 3 amide bonds. The summed E-state index contributed by atoms with van der Waals surface area (Å²) in [6.07, 6.45) is 0.846. The second kappa shape index (κ2) is 7.75. The van der Waals surface area contributed by atoms with Gasteiger partial charge in [-0.1, -0.05) is 6.07 Å². The summed E-state index contributed by atoms with van der Waals surface area (Å²) < 4.78 is 10.6. The zero-order valence-corrected chi connectivity index (χ0v) is 16.3. The van der Waals surface area contributed by atoms with Gasteiger partial charge in [-0.15, -0.1) is 0 Å². The summed E-state index contributed by atoms with van der Waals surface area (Å²) in [5.74, 6) is -0.295. The Morgan fingerprint density at radius 1 is 1.03 bits per heavy atom. The Morgan fingerprint density at radius 3 is 2.63 bits per heavy atom. The third kappa shape index (κ3) is 3.88. The molecule has 3 aromatic rings. The number of amides is 3. The van der Waals surface area contributed by atoms with Crippen molar-refractivity contribution in [3.05, 3.63) is 71.7 Å². The van der Waals surface area contributed by atoms with Gasteiger partial charge >= 0.3 is 0 Å². The van der Waals surface area contributed by atoms with Gasteiger partial charge in [-0.05, 0) is 61.9 Å². The van der Waals surface area contributed by atoms with Crippen LogP contribution in [0.25, 0.3) is 0 Å². The largest absolute Gasteiger partial charge is 0.479 e. The first-order valence-corrected chi connectivity index (χ1v) is 9.29. The summed E-state index contributed by atoms with van der Waals surface area (Å²) in [6.45, 7) is 3.49. The van der Waals surface area contributed by atoms with Crippen LogP contribution in [-0.4, -0.2) is 23.8 Å². The lowest BCUT2D eigenvalue weighted by atomic mass is 10.1. The van der Waals surface area contributed by atoms with Gasteiger partial charge in [0.15, 0.2) is 11.9 Å². The third-order valence-corrected chi connectivity index (χ3v) is 4.66. The summed E-state index contributed by atoms with van der Waals surface area (Å²) in [4.78, 5) is 36.7. The van der Waals surface area contributed by atoms with Crippen LogP contribution >= 0.6 is 0 Å². The van der Waals surface area contributed by atoms with Crippen molar-refractivity contribution in [2.45, 2.75) is 20.0 Å². The molecule has 0 unspecified atom stereocenters. The second-order valence-corrected chi connectivity index (χ2v) is 6.88. The molecule has 2 aromatic carbocycles. The van der Waals surface area contributed by atoms with Gasteiger partial charge in [-0.25, -0.2) is 0 Å². The molecule has 30 heavy (non-hydrogen) atoms. The van der Waals surface area contributed by atoms with E-state index in [0.29, 0.717) is 28.4 Å². The number of aryl methyl sites for hydroxylation is 1. The Bertz CT molecular complexity index is 1140. The predicted octanol–water partition coefficient (Wildman–Crippen LogP) is 3.81. The van der Waals surface area contributed by atoms with Crippen LogP contribution < -0.4 is 20.7 Å². The minimum atomic E-state index is -0.569. The van der Waals surface area contributed by atoms with Crippen LogP contribution in [0.5, 0.6) is 5.75 Å². The van der Waals surface area contributed by atoms with E-state index in [9.17, 15) is 14.4 Å². The summed E-state index contributed by atoms with van der Waals surface area (Å²) in [5, 5.41) is 8.27. The van der Waals surface area contributed by atoms with E-state index in [0.717, 1.165) is 5.56 Å². The fourth-order valence-electron chi connectivity index (χ4n) is 2.98. The standard InChI is InChI=1S/C22H19N3O5/c1-12-5-6-14(10-16(12)24-22(28)19-4-3-9-29-19)21(27)23-15-7-8-18-17(11-15)25-20(26)13(2)30-18/h3-11,13H,1-2H3,(H,23,27)(H,24,28)(H,25,26)/t13-/m0/s1. The van der Waals surface area contributed by atoms with E-state index >= 15 is 0 Å². The van der Waals surface area contributed by atoms with Gasteiger partial charge in [0.2, 0.25) is 0 Å². The van der Waals surface area contributed by atoms with Gasteiger partial charge in [0.25, 0.3) is 17.7 Å². The average Bonchev–Trinajstić information content (AvgIpc) is 3.26. The first-order valence-electron chi connectivity index (χ1n) is 9.29. The number of carbonyl (C=O) groups excluding carboxylic acids is 3. The van der Waals surface area contributed by atoms with Gasteiger partial charge in [0, 0.05) is 16.9 Å². The van der Waals surface area contributed by atoms with E-state index in [2.05, 4.69) is 16.0 Å². The van der Waals surface area contributed by atoms with Crippen molar-refractivity contribution in [2.75, 3.05) is 16.0 Å². The van der Waals surface area contributed by atoms with E-state index < -0.39 is 12.0 Å². The highest BCUT2D eigenvalue weighted by Gasteiger charge is 2.23. The number of rotatable bonds is 4. The molecule has 0 saturated heterocycles. The number of fused-ring (bicyclic) bond motifs is 1. The van der Waals surface area contributed by atoms with Crippen molar-refractivity contribution in [3.63, 3.8) is 0 Å². The molecule has 152 valence electrons. The number of anilines is 3. The minimum absolute atomic E-state index is 0.178. The van der Waals surface area contributed by atoms with Gasteiger partial charge < -0.3 is 25.1 Å². The molecule has 0 bridgehead atoms. The zero-order valence-electron chi connectivity index (χ0n) is 16.3. The van der Waals surface area contributed by atoms with Crippen LogP contribution in [0.4, 0.5) is 17.1 Å². The molecule has 3 N–H and O–H groups in total. The normalized spacial score (nSPS) is 14.9. The first-order chi connectivity index (χ1) is 14.4. The van der Waals surface area contributed by atoms with Crippen molar-refractivity contribution in [1.29, 1.82) is 0 Å². The molecule has 8 nitrogen and oxygen atoms in total. The van der Waals surface area contributed by atoms with Crippen molar-refractivity contribution >= 4 is 34.8 Å². The Balaban J connectivity index is 1.51. The summed E-state index contributed by atoms with van der Waals surface area (Å²) >= 11 is 0. The number of hydrogen-bond donors (Lipinski definition) is 3. The Morgan fingerprint density at radius 2 is 1.87 bits per heavy atom. The van der Waals surface area contributed by atoms with Crippen molar-refractivity contribution in [2.24, 2.45) is 0 Å². The maximum atomic E-state index is 12.7. The van der Waals surface area contributed by atoms with Crippen molar-refractivity contribution in [1.82, 2.24) is 0 Å². The Kier molecular flexibility index (Phi) is 4.97. The second-order valence-electron chi connectivity index (χ2n) is 6.88. The fraction of sp³-hybridized carbons (Fsp3) is 0.136. The summed E-state index contributed by atoms with van der Waals surface area (Å²) in [5.41, 5.74) is 2.66. The van der Waals surface area contributed by atoms with Crippen LogP contribution in [-0.2, 0) is 4.79 Å². The van der Waals surface area contributed by atoms with E-state index in [4.69, 9.17) is 9.15 Å². The van der Waals surface area contributed by atoms with E-state index in [1.165, 1.54) is 6.26 Å². The highest BCUT2D eigenvalue weighted by atomic mass is 16.5. The summed E-state index contributed by atoms with van der Waals surface area (Å²) in [7, 11) is 0. The number of hydrogen-bond acceptors (Lipinski definition) is 5. The maximum Gasteiger partial charge on any atom is 0.291 e. The highest BCUT2D eigenvalue weighted by molar-refractivity contribution is 6.07. The van der Waals surface area contributed by atoms with E-state index in [1.54, 1.807) is 55.5 Å². The van der Waals surface area contributed by atoms with Gasteiger partial charge in [-0.3, -0.25) is 14.4 Å². The molecule has 0 spiro atoms. The SMILES string of the molecule is Cc1ccc(C(=O)Nc2ccc3c(c2)NC(=O)[C@H](C)O3)cc1NC(=O)c1ccco1. The van der Waals surface area contributed by atoms with Crippen LogP contribution in [0.1, 0.15) is 33.4 Å². The molecule has 1 aliphatic rings. The van der Waals surface area contributed by atoms with E-state index in [1.807, 2.05) is 6.92 Å². The molecule has 8 heteroatoms. The molecule has 1 aromatic heterocycles. The molecule has 1 atom stereocenters. The topological polar surface area (TPSA) is 110 Å².